The predicted molar refractivity (Wildman–Crippen MR) is 133 cm³/mol. The minimum absolute atomic E-state index is 0.0360. The lowest BCUT2D eigenvalue weighted by Gasteiger charge is -2.64. The topological polar surface area (TPSA) is 20.2 Å². The van der Waals surface area contributed by atoms with Gasteiger partial charge in [-0.3, -0.25) is 0 Å². The van der Waals surface area contributed by atoms with Crippen LogP contribution in [0, 0.1) is 45.3 Å². The van der Waals surface area contributed by atoms with Crippen molar-refractivity contribution in [2.24, 2.45) is 45.3 Å². The number of rotatable bonds is 4. The van der Waals surface area contributed by atoms with Gasteiger partial charge in [0.15, 0.2) is 0 Å². The molecule has 0 bridgehead atoms. The molecule has 0 aromatic carbocycles. The first-order chi connectivity index (χ1) is 14.4. The van der Waals surface area contributed by atoms with Gasteiger partial charge in [0.2, 0.25) is 0 Å². The zero-order valence-corrected chi connectivity index (χ0v) is 21.9. The summed E-state index contributed by atoms with van der Waals surface area (Å²) in [5.41, 5.74) is 4.53. The molecule has 0 saturated heterocycles. The van der Waals surface area contributed by atoms with E-state index >= 15 is 0 Å². The predicted octanol–water partition coefficient (Wildman–Crippen LogP) is 8.34. The van der Waals surface area contributed by atoms with E-state index in [-0.39, 0.29) is 11.5 Å². The fraction of sp³-hybridized carbons (Fsp3) is 0.867. The van der Waals surface area contributed by atoms with Crippen LogP contribution < -0.4 is 0 Å². The van der Waals surface area contributed by atoms with E-state index in [4.69, 9.17) is 0 Å². The third kappa shape index (κ3) is 3.34. The Labute approximate surface area is 193 Å². The zero-order chi connectivity index (χ0) is 22.8. The molecule has 1 heteroatoms. The average Bonchev–Trinajstić information content (AvgIpc) is 2.96. The summed E-state index contributed by atoms with van der Waals surface area (Å²) in [5.74, 6) is 3.02. The van der Waals surface area contributed by atoms with Crippen molar-refractivity contribution in [3.63, 3.8) is 0 Å². The highest BCUT2D eigenvalue weighted by molar-refractivity contribution is 5.33. The highest BCUT2D eigenvalue weighted by Crippen LogP contribution is 2.73. The first kappa shape index (κ1) is 23.6. The van der Waals surface area contributed by atoms with E-state index < -0.39 is 0 Å². The molecule has 176 valence electrons. The fourth-order valence-electron chi connectivity index (χ4n) is 9.49. The lowest BCUT2D eigenvalue weighted by atomic mass is 9.41. The number of hydrogen-bond donors (Lipinski definition) is 1. The first-order valence-corrected chi connectivity index (χ1v) is 13.4. The van der Waals surface area contributed by atoms with Crippen LogP contribution in [0.3, 0.4) is 0 Å². The molecule has 0 aromatic rings. The fourth-order valence-corrected chi connectivity index (χ4v) is 9.49. The van der Waals surface area contributed by atoms with Crippen molar-refractivity contribution in [1.82, 2.24) is 0 Å². The molecule has 1 N–H and O–H groups in total. The zero-order valence-electron chi connectivity index (χ0n) is 21.9. The summed E-state index contributed by atoms with van der Waals surface area (Å²) in [6.07, 6.45) is 16.5. The summed E-state index contributed by atoms with van der Waals surface area (Å²) in [5, 5.41) is 10.8. The molecule has 31 heavy (non-hydrogen) atoms. The van der Waals surface area contributed by atoms with Crippen molar-refractivity contribution in [1.29, 1.82) is 0 Å². The van der Waals surface area contributed by atoms with Gasteiger partial charge in [-0.2, -0.15) is 0 Å². The van der Waals surface area contributed by atoms with Gasteiger partial charge in [-0.25, -0.2) is 0 Å². The lowest BCUT2D eigenvalue weighted by Crippen LogP contribution is -2.58. The molecule has 0 aliphatic heterocycles. The van der Waals surface area contributed by atoms with E-state index in [1.807, 2.05) is 5.57 Å². The lowest BCUT2D eigenvalue weighted by molar-refractivity contribution is -0.131. The molecule has 4 rings (SSSR count). The third-order valence-electron chi connectivity index (χ3n) is 11.7. The molecule has 0 amide bonds. The van der Waals surface area contributed by atoms with Crippen molar-refractivity contribution >= 4 is 0 Å². The molecule has 8 atom stereocenters. The van der Waals surface area contributed by atoms with E-state index in [0.29, 0.717) is 22.2 Å². The van der Waals surface area contributed by atoms with E-state index in [1.54, 1.807) is 0 Å². The summed E-state index contributed by atoms with van der Waals surface area (Å²) < 4.78 is 0. The second kappa shape index (κ2) is 7.75. The van der Waals surface area contributed by atoms with Gasteiger partial charge in [0.1, 0.15) is 0 Å². The van der Waals surface area contributed by atoms with Gasteiger partial charge in [-0.05, 0) is 117 Å². The SMILES string of the molecule is CC(C)=CCCC(C)[C@@H]1CC[C@]2(C)C3=CC[C@H]4C(C)(C)[C@@H](O)CC[C@]4(C)C3CC[C@@]12C. The maximum Gasteiger partial charge on any atom is 0.0594 e. The van der Waals surface area contributed by atoms with Crippen molar-refractivity contribution < 1.29 is 5.11 Å². The van der Waals surface area contributed by atoms with Crippen LogP contribution in [0.4, 0.5) is 0 Å². The van der Waals surface area contributed by atoms with Gasteiger partial charge in [-0.1, -0.05) is 64.8 Å². The summed E-state index contributed by atoms with van der Waals surface area (Å²) in [4.78, 5) is 0. The largest absolute Gasteiger partial charge is 0.393 e. The van der Waals surface area contributed by atoms with Crippen molar-refractivity contribution in [2.45, 2.75) is 119 Å². The molecule has 4 aliphatic rings. The molecular weight excluding hydrogens is 376 g/mol. The van der Waals surface area contributed by atoms with Gasteiger partial charge >= 0.3 is 0 Å². The number of fused-ring (bicyclic) bond motifs is 5. The van der Waals surface area contributed by atoms with Crippen LogP contribution in [0.25, 0.3) is 0 Å². The van der Waals surface area contributed by atoms with Crippen LogP contribution in [0.5, 0.6) is 0 Å². The number of aliphatic hydroxyl groups excluding tert-OH is 1. The van der Waals surface area contributed by atoms with Crippen LogP contribution in [0.1, 0.15) is 113 Å². The quantitative estimate of drug-likeness (QED) is 0.448. The standard InChI is InChI=1S/C30H50O/c1-20(2)10-9-11-21(3)22-14-18-30(8)24-12-13-25-27(4,5)26(31)16-17-28(25,6)23(24)15-19-29(22,30)7/h10,12,21-23,25-26,31H,9,11,13-19H2,1-8H3/t21?,22-,23?,25-,26-,28+,29-,30+/m0/s1. The molecule has 0 heterocycles. The molecule has 1 nitrogen and oxygen atoms in total. The minimum Gasteiger partial charge on any atom is -0.393 e. The Kier molecular flexibility index (Phi) is 5.90. The van der Waals surface area contributed by atoms with Gasteiger partial charge in [0.05, 0.1) is 6.10 Å². The van der Waals surface area contributed by atoms with E-state index in [2.05, 4.69) is 67.5 Å². The first-order valence-electron chi connectivity index (χ1n) is 13.4. The molecule has 0 radical (unpaired) electrons. The van der Waals surface area contributed by atoms with Crippen LogP contribution in [-0.2, 0) is 0 Å². The summed E-state index contributed by atoms with van der Waals surface area (Å²) >= 11 is 0. The van der Waals surface area contributed by atoms with Gasteiger partial charge in [0.25, 0.3) is 0 Å². The van der Waals surface area contributed by atoms with Crippen molar-refractivity contribution in [3.8, 4) is 0 Å². The highest BCUT2D eigenvalue weighted by atomic mass is 16.3. The Hall–Kier alpha value is -0.560. The van der Waals surface area contributed by atoms with E-state index in [1.165, 1.54) is 56.9 Å². The maximum atomic E-state index is 10.8. The number of allylic oxidation sites excluding steroid dienone is 4. The Morgan fingerprint density at radius 3 is 2.45 bits per heavy atom. The minimum atomic E-state index is -0.137. The monoisotopic (exact) mass is 426 g/mol. The average molecular weight is 427 g/mol. The molecular formula is C30H50O. The van der Waals surface area contributed by atoms with Gasteiger partial charge < -0.3 is 5.11 Å². The number of aliphatic hydroxyl groups is 1. The second-order valence-electron chi connectivity index (χ2n) is 13.7. The maximum absolute atomic E-state index is 10.8. The molecule has 3 fully saturated rings. The summed E-state index contributed by atoms with van der Waals surface area (Å²) in [7, 11) is 0. The Balaban J connectivity index is 1.62. The van der Waals surface area contributed by atoms with Crippen molar-refractivity contribution in [2.75, 3.05) is 0 Å². The van der Waals surface area contributed by atoms with E-state index in [0.717, 1.165) is 24.2 Å². The Bertz CT molecular complexity index is 754. The van der Waals surface area contributed by atoms with E-state index in [9.17, 15) is 5.11 Å². The Morgan fingerprint density at radius 1 is 1.06 bits per heavy atom. The number of hydrogen-bond acceptors (Lipinski definition) is 1. The molecule has 2 unspecified atom stereocenters. The summed E-state index contributed by atoms with van der Waals surface area (Å²) in [6.45, 7) is 19.6. The van der Waals surface area contributed by atoms with Crippen LogP contribution in [-0.4, -0.2) is 11.2 Å². The third-order valence-corrected chi connectivity index (χ3v) is 11.7. The molecule has 4 aliphatic carbocycles. The highest BCUT2D eigenvalue weighted by Gasteiger charge is 2.65. The van der Waals surface area contributed by atoms with Gasteiger partial charge in [-0.15, -0.1) is 0 Å². The summed E-state index contributed by atoms with van der Waals surface area (Å²) in [6, 6.07) is 0. The van der Waals surface area contributed by atoms with Crippen molar-refractivity contribution in [3.05, 3.63) is 23.3 Å². The molecule has 0 aromatic heterocycles. The Morgan fingerprint density at radius 2 is 1.77 bits per heavy atom. The second-order valence-corrected chi connectivity index (χ2v) is 13.7. The molecule has 0 spiro atoms. The van der Waals surface area contributed by atoms with Crippen LogP contribution in [0.15, 0.2) is 23.3 Å². The molecule has 3 saturated carbocycles. The normalized spacial score (nSPS) is 46.9. The van der Waals surface area contributed by atoms with Crippen LogP contribution in [0.2, 0.25) is 0 Å². The van der Waals surface area contributed by atoms with Crippen LogP contribution >= 0.6 is 0 Å². The smallest absolute Gasteiger partial charge is 0.0594 e. The van der Waals surface area contributed by atoms with Gasteiger partial charge in [0, 0.05) is 0 Å².